The van der Waals surface area contributed by atoms with Crippen LogP contribution >= 0.6 is 0 Å². The van der Waals surface area contributed by atoms with Crippen LogP contribution in [0.15, 0.2) is 24.3 Å². The van der Waals surface area contributed by atoms with E-state index in [1.807, 2.05) is 6.07 Å². The number of hydrogen-bond donors (Lipinski definition) is 0. The molecule has 0 unspecified atom stereocenters. The molecule has 0 aliphatic rings. The standard InChI is InChI=1S/C10H10N2O2/c1-8(7-12(13)14)10-4-2-9(6-11)3-5-10/h2-5,8H,7H2,1H3/t8-/m1/s1. The lowest BCUT2D eigenvalue weighted by molar-refractivity contribution is -0.482. The third kappa shape index (κ3) is 2.56. The molecule has 0 radical (unpaired) electrons. The maximum absolute atomic E-state index is 10.3. The molecule has 1 aromatic carbocycles. The monoisotopic (exact) mass is 190 g/mol. The largest absolute Gasteiger partial charge is 0.265 e. The SMILES string of the molecule is C[C@H](C[N+](=O)[O-])c1ccc(C#N)cc1. The number of rotatable bonds is 3. The van der Waals surface area contributed by atoms with E-state index in [1.165, 1.54) is 0 Å². The van der Waals surface area contributed by atoms with Crippen LogP contribution in [0.2, 0.25) is 0 Å². The molecule has 4 nitrogen and oxygen atoms in total. The number of nitrogens with zero attached hydrogens (tertiary/aromatic N) is 2. The molecule has 14 heavy (non-hydrogen) atoms. The summed E-state index contributed by atoms with van der Waals surface area (Å²) in [6, 6.07) is 8.86. The Hall–Kier alpha value is -1.89. The van der Waals surface area contributed by atoms with E-state index in [0.717, 1.165) is 5.56 Å². The second-order valence-corrected chi connectivity index (χ2v) is 3.15. The summed E-state index contributed by atoms with van der Waals surface area (Å²) in [7, 11) is 0. The summed E-state index contributed by atoms with van der Waals surface area (Å²) in [4.78, 5) is 9.93. The van der Waals surface area contributed by atoms with Crippen LogP contribution in [0.4, 0.5) is 0 Å². The van der Waals surface area contributed by atoms with Crippen LogP contribution in [0, 0.1) is 21.4 Å². The Morgan fingerprint density at radius 2 is 2.07 bits per heavy atom. The molecule has 0 spiro atoms. The Bertz CT molecular complexity index is 365. The first kappa shape index (κ1) is 10.2. The van der Waals surface area contributed by atoms with E-state index in [1.54, 1.807) is 31.2 Å². The van der Waals surface area contributed by atoms with Crippen LogP contribution in [0.1, 0.15) is 24.0 Å². The van der Waals surface area contributed by atoms with Gasteiger partial charge in [-0.2, -0.15) is 5.26 Å². The summed E-state index contributed by atoms with van der Waals surface area (Å²) in [6.07, 6.45) is 0. The van der Waals surface area contributed by atoms with Gasteiger partial charge in [0.2, 0.25) is 6.54 Å². The molecule has 1 atom stereocenters. The Kier molecular flexibility index (Phi) is 3.19. The predicted molar refractivity (Wildman–Crippen MR) is 51.4 cm³/mol. The Balaban J connectivity index is 2.77. The van der Waals surface area contributed by atoms with Crippen LogP contribution in [-0.4, -0.2) is 11.5 Å². The van der Waals surface area contributed by atoms with E-state index >= 15 is 0 Å². The van der Waals surface area contributed by atoms with Gasteiger partial charge in [0.05, 0.1) is 11.6 Å². The number of nitriles is 1. The zero-order valence-corrected chi connectivity index (χ0v) is 7.80. The van der Waals surface area contributed by atoms with E-state index < -0.39 is 0 Å². The lowest BCUT2D eigenvalue weighted by Gasteiger charge is -2.06. The quantitative estimate of drug-likeness (QED) is 0.540. The second-order valence-electron chi connectivity index (χ2n) is 3.15. The van der Waals surface area contributed by atoms with Crippen molar-refractivity contribution in [3.05, 3.63) is 45.5 Å². The Labute approximate surface area is 81.9 Å². The van der Waals surface area contributed by atoms with Crippen LogP contribution in [-0.2, 0) is 0 Å². The molecule has 0 heterocycles. The topological polar surface area (TPSA) is 66.9 Å². The molecule has 4 heteroatoms. The zero-order valence-electron chi connectivity index (χ0n) is 7.80. The second kappa shape index (κ2) is 4.38. The smallest absolute Gasteiger partial charge is 0.210 e. The van der Waals surface area contributed by atoms with Gasteiger partial charge in [0.25, 0.3) is 0 Å². The fourth-order valence-electron chi connectivity index (χ4n) is 1.22. The Morgan fingerprint density at radius 3 is 2.50 bits per heavy atom. The molecule has 0 aliphatic heterocycles. The summed E-state index contributed by atoms with van der Waals surface area (Å²) < 4.78 is 0. The fraction of sp³-hybridized carbons (Fsp3) is 0.300. The molecular formula is C10H10N2O2. The average molecular weight is 190 g/mol. The van der Waals surface area contributed by atoms with Gasteiger partial charge in [-0.3, -0.25) is 10.1 Å². The molecule has 0 fully saturated rings. The van der Waals surface area contributed by atoms with E-state index in [0.29, 0.717) is 5.56 Å². The molecular weight excluding hydrogens is 180 g/mol. The molecule has 0 aromatic heterocycles. The zero-order chi connectivity index (χ0) is 10.6. The van der Waals surface area contributed by atoms with Crippen molar-refractivity contribution < 1.29 is 4.92 Å². The predicted octanol–water partition coefficient (Wildman–Crippen LogP) is 1.94. The average Bonchev–Trinajstić information content (AvgIpc) is 2.17. The Morgan fingerprint density at radius 1 is 1.50 bits per heavy atom. The van der Waals surface area contributed by atoms with Crippen molar-refractivity contribution in [1.29, 1.82) is 5.26 Å². The lowest BCUT2D eigenvalue weighted by atomic mass is 10.0. The van der Waals surface area contributed by atoms with Crippen molar-refractivity contribution in [2.75, 3.05) is 6.54 Å². The molecule has 0 amide bonds. The van der Waals surface area contributed by atoms with Gasteiger partial charge < -0.3 is 0 Å². The molecule has 0 saturated heterocycles. The first-order valence-electron chi connectivity index (χ1n) is 4.25. The van der Waals surface area contributed by atoms with E-state index in [4.69, 9.17) is 5.26 Å². The van der Waals surface area contributed by atoms with Gasteiger partial charge in [0, 0.05) is 10.8 Å². The van der Waals surface area contributed by atoms with Gasteiger partial charge in [-0.05, 0) is 17.7 Å². The minimum Gasteiger partial charge on any atom is -0.265 e. The van der Waals surface area contributed by atoms with Crippen molar-refractivity contribution >= 4 is 0 Å². The molecule has 0 bridgehead atoms. The molecule has 0 N–H and O–H groups in total. The summed E-state index contributed by atoms with van der Waals surface area (Å²) in [5.41, 5.74) is 1.46. The first-order valence-corrected chi connectivity index (χ1v) is 4.25. The van der Waals surface area contributed by atoms with Crippen molar-refractivity contribution in [1.82, 2.24) is 0 Å². The third-order valence-corrected chi connectivity index (χ3v) is 2.03. The number of nitro groups is 1. The van der Waals surface area contributed by atoms with Crippen molar-refractivity contribution in [2.45, 2.75) is 12.8 Å². The maximum atomic E-state index is 10.3. The highest BCUT2D eigenvalue weighted by Gasteiger charge is 2.11. The lowest BCUT2D eigenvalue weighted by Crippen LogP contribution is -2.09. The summed E-state index contributed by atoms with van der Waals surface area (Å²) in [6.45, 7) is 1.72. The van der Waals surface area contributed by atoms with Crippen molar-refractivity contribution in [3.8, 4) is 6.07 Å². The maximum Gasteiger partial charge on any atom is 0.210 e. The van der Waals surface area contributed by atoms with Gasteiger partial charge >= 0.3 is 0 Å². The highest BCUT2D eigenvalue weighted by Crippen LogP contribution is 2.15. The number of hydrogen-bond acceptors (Lipinski definition) is 3. The fourth-order valence-corrected chi connectivity index (χ4v) is 1.22. The van der Waals surface area contributed by atoms with Crippen LogP contribution in [0.3, 0.4) is 0 Å². The van der Waals surface area contributed by atoms with Gasteiger partial charge in [-0.1, -0.05) is 19.1 Å². The van der Waals surface area contributed by atoms with Gasteiger partial charge in [0.15, 0.2) is 0 Å². The van der Waals surface area contributed by atoms with Crippen LogP contribution < -0.4 is 0 Å². The third-order valence-electron chi connectivity index (χ3n) is 2.03. The van der Waals surface area contributed by atoms with Crippen LogP contribution in [0.5, 0.6) is 0 Å². The summed E-state index contributed by atoms with van der Waals surface area (Å²) in [5.74, 6) is -0.113. The van der Waals surface area contributed by atoms with E-state index in [-0.39, 0.29) is 17.4 Å². The minimum absolute atomic E-state index is 0.0775. The van der Waals surface area contributed by atoms with Crippen LogP contribution in [0.25, 0.3) is 0 Å². The normalized spacial score (nSPS) is 11.7. The van der Waals surface area contributed by atoms with Crippen molar-refractivity contribution in [2.24, 2.45) is 0 Å². The summed E-state index contributed by atoms with van der Waals surface area (Å²) in [5, 5.41) is 18.8. The molecule has 1 rings (SSSR count). The first-order chi connectivity index (χ1) is 6.63. The van der Waals surface area contributed by atoms with Crippen molar-refractivity contribution in [3.63, 3.8) is 0 Å². The highest BCUT2D eigenvalue weighted by molar-refractivity contribution is 5.32. The molecule has 0 aliphatic carbocycles. The molecule has 0 saturated carbocycles. The van der Waals surface area contributed by atoms with Gasteiger partial charge in [0.1, 0.15) is 0 Å². The van der Waals surface area contributed by atoms with E-state index in [2.05, 4.69) is 0 Å². The number of benzene rings is 1. The molecule has 1 aromatic rings. The van der Waals surface area contributed by atoms with Gasteiger partial charge in [-0.15, -0.1) is 0 Å². The van der Waals surface area contributed by atoms with E-state index in [9.17, 15) is 10.1 Å². The summed E-state index contributed by atoms with van der Waals surface area (Å²) >= 11 is 0. The molecule has 72 valence electrons. The highest BCUT2D eigenvalue weighted by atomic mass is 16.6. The van der Waals surface area contributed by atoms with Gasteiger partial charge in [-0.25, -0.2) is 0 Å². The minimum atomic E-state index is -0.330.